The van der Waals surface area contributed by atoms with Crippen LogP contribution in [0.15, 0.2) is 18.3 Å². The van der Waals surface area contributed by atoms with E-state index < -0.39 is 17.5 Å². The third kappa shape index (κ3) is 2.95. The number of hydrogen-bond acceptors (Lipinski definition) is 2. The molecule has 108 valence electrons. The fourth-order valence-corrected chi connectivity index (χ4v) is 1.89. The van der Waals surface area contributed by atoms with Gasteiger partial charge in [-0.15, -0.1) is 0 Å². The Bertz CT molecular complexity index is 608. The first-order chi connectivity index (χ1) is 9.52. The van der Waals surface area contributed by atoms with E-state index in [1.165, 1.54) is 0 Å². The van der Waals surface area contributed by atoms with Gasteiger partial charge in [-0.2, -0.15) is 0 Å². The minimum atomic E-state index is -1.49. The van der Waals surface area contributed by atoms with E-state index in [1.54, 1.807) is 0 Å². The van der Waals surface area contributed by atoms with Gasteiger partial charge in [-0.1, -0.05) is 13.3 Å². The lowest BCUT2D eigenvalue weighted by Gasteiger charge is -2.10. The maximum atomic E-state index is 13.6. The number of unbranched alkanes of at least 4 members (excludes halogenated alkanes) is 1. The lowest BCUT2D eigenvalue weighted by atomic mass is 10.3. The minimum absolute atomic E-state index is 0.132. The molecule has 0 saturated heterocycles. The van der Waals surface area contributed by atoms with E-state index >= 15 is 0 Å². The Morgan fingerprint density at radius 2 is 1.95 bits per heavy atom. The second-order valence-electron chi connectivity index (χ2n) is 4.60. The van der Waals surface area contributed by atoms with Crippen LogP contribution in [0.5, 0.6) is 0 Å². The summed E-state index contributed by atoms with van der Waals surface area (Å²) < 4.78 is 41.5. The molecule has 0 aliphatic carbocycles. The molecule has 1 heterocycles. The highest BCUT2D eigenvalue weighted by Crippen LogP contribution is 2.23. The van der Waals surface area contributed by atoms with Crippen LogP contribution in [0.25, 0.3) is 0 Å². The highest BCUT2D eigenvalue weighted by Gasteiger charge is 2.15. The zero-order valence-electron chi connectivity index (χ0n) is 11.4. The molecule has 3 nitrogen and oxygen atoms in total. The first-order valence-corrected chi connectivity index (χ1v) is 6.47. The van der Waals surface area contributed by atoms with Crippen molar-refractivity contribution in [2.75, 3.05) is 5.32 Å². The molecule has 0 unspecified atom stereocenters. The summed E-state index contributed by atoms with van der Waals surface area (Å²) >= 11 is 0. The van der Waals surface area contributed by atoms with Crippen molar-refractivity contribution < 1.29 is 13.2 Å². The number of halogens is 3. The number of imidazole rings is 1. The van der Waals surface area contributed by atoms with Gasteiger partial charge in [0.2, 0.25) is 5.95 Å². The molecule has 1 aromatic carbocycles. The molecular weight excluding hydrogens is 267 g/mol. The van der Waals surface area contributed by atoms with Gasteiger partial charge < -0.3 is 9.88 Å². The largest absolute Gasteiger partial charge is 0.323 e. The standard InChI is InChI=1S/C14H16F3N3/c1-3-4-7-20-8-9(2)18-14(20)19-11-6-5-10(15)12(16)13(11)17/h5-6,8H,3-4,7H2,1-2H3,(H,18,19). The predicted molar refractivity (Wildman–Crippen MR) is 71.5 cm³/mol. The summed E-state index contributed by atoms with van der Waals surface area (Å²) in [5.74, 6) is -3.52. The maximum absolute atomic E-state index is 13.6. The Morgan fingerprint density at radius 3 is 2.65 bits per heavy atom. The van der Waals surface area contributed by atoms with E-state index in [1.807, 2.05) is 17.7 Å². The first kappa shape index (κ1) is 14.4. The van der Waals surface area contributed by atoms with Crippen LogP contribution in [0.4, 0.5) is 24.8 Å². The average molecular weight is 283 g/mol. The quantitative estimate of drug-likeness (QED) is 0.835. The molecule has 0 fully saturated rings. The van der Waals surface area contributed by atoms with Crippen LogP contribution in [0.2, 0.25) is 0 Å². The van der Waals surface area contributed by atoms with Gasteiger partial charge in [-0.05, 0) is 25.5 Å². The highest BCUT2D eigenvalue weighted by molar-refractivity contribution is 5.55. The summed E-state index contributed by atoms with van der Waals surface area (Å²) in [4.78, 5) is 4.22. The maximum Gasteiger partial charge on any atom is 0.207 e. The van der Waals surface area contributed by atoms with Crippen molar-refractivity contribution >= 4 is 11.6 Å². The van der Waals surface area contributed by atoms with Gasteiger partial charge in [0.1, 0.15) is 0 Å². The van der Waals surface area contributed by atoms with Crippen molar-refractivity contribution in [3.8, 4) is 0 Å². The molecule has 0 saturated carbocycles. The van der Waals surface area contributed by atoms with E-state index in [0.29, 0.717) is 5.95 Å². The zero-order valence-corrected chi connectivity index (χ0v) is 11.4. The van der Waals surface area contributed by atoms with Crippen molar-refractivity contribution in [2.24, 2.45) is 0 Å². The lowest BCUT2D eigenvalue weighted by Crippen LogP contribution is -2.05. The van der Waals surface area contributed by atoms with Crippen LogP contribution in [0.3, 0.4) is 0 Å². The lowest BCUT2D eigenvalue weighted by molar-refractivity contribution is 0.449. The third-order valence-electron chi connectivity index (χ3n) is 2.93. The molecule has 0 radical (unpaired) electrons. The van der Waals surface area contributed by atoms with Crippen molar-refractivity contribution in [1.82, 2.24) is 9.55 Å². The molecule has 0 amide bonds. The molecule has 20 heavy (non-hydrogen) atoms. The van der Waals surface area contributed by atoms with Gasteiger partial charge in [0, 0.05) is 12.7 Å². The molecule has 0 atom stereocenters. The highest BCUT2D eigenvalue weighted by atomic mass is 19.2. The van der Waals surface area contributed by atoms with Crippen molar-refractivity contribution in [3.05, 3.63) is 41.5 Å². The third-order valence-corrected chi connectivity index (χ3v) is 2.93. The number of aryl methyl sites for hydroxylation is 2. The summed E-state index contributed by atoms with van der Waals surface area (Å²) in [5, 5.41) is 2.71. The van der Waals surface area contributed by atoms with E-state index in [9.17, 15) is 13.2 Å². The van der Waals surface area contributed by atoms with Gasteiger partial charge in [0.25, 0.3) is 0 Å². The molecule has 0 bridgehead atoms. The monoisotopic (exact) mass is 283 g/mol. The summed E-state index contributed by atoms with van der Waals surface area (Å²) in [6.45, 7) is 4.60. The molecule has 2 aromatic rings. The van der Waals surface area contributed by atoms with Crippen molar-refractivity contribution in [2.45, 2.75) is 33.2 Å². The fraction of sp³-hybridized carbons (Fsp3) is 0.357. The molecule has 0 spiro atoms. The average Bonchev–Trinajstić information content (AvgIpc) is 2.77. The molecule has 0 aliphatic rings. The summed E-state index contributed by atoms with van der Waals surface area (Å²) in [6, 6.07) is 2.04. The summed E-state index contributed by atoms with van der Waals surface area (Å²) in [7, 11) is 0. The van der Waals surface area contributed by atoms with E-state index in [2.05, 4.69) is 17.2 Å². The second-order valence-corrected chi connectivity index (χ2v) is 4.60. The Balaban J connectivity index is 2.28. The normalized spacial score (nSPS) is 10.8. The molecule has 6 heteroatoms. The smallest absolute Gasteiger partial charge is 0.207 e. The SMILES string of the molecule is CCCCn1cc(C)nc1Nc1ccc(F)c(F)c1F. The van der Waals surface area contributed by atoms with Crippen molar-refractivity contribution in [3.63, 3.8) is 0 Å². The minimum Gasteiger partial charge on any atom is -0.323 e. The summed E-state index contributed by atoms with van der Waals surface area (Å²) in [5.41, 5.74) is 0.638. The Morgan fingerprint density at radius 1 is 1.20 bits per heavy atom. The van der Waals surface area contributed by atoms with E-state index in [-0.39, 0.29) is 5.69 Å². The van der Waals surface area contributed by atoms with Gasteiger partial charge in [0.15, 0.2) is 17.5 Å². The number of rotatable bonds is 5. The first-order valence-electron chi connectivity index (χ1n) is 6.47. The topological polar surface area (TPSA) is 29.9 Å². The van der Waals surface area contributed by atoms with Gasteiger partial charge in [-0.3, -0.25) is 0 Å². The Hall–Kier alpha value is -1.98. The summed E-state index contributed by atoms with van der Waals surface area (Å²) in [6.07, 6.45) is 3.79. The van der Waals surface area contributed by atoms with Crippen LogP contribution in [-0.4, -0.2) is 9.55 Å². The van der Waals surface area contributed by atoms with Gasteiger partial charge in [0.05, 0.1) is 11.4 Å². The Labute approximate surface area is 115 Å². The van der Waals surface area contributed by atoms with E-state index in [0.717, 1.165) is 37.2 Å². The number of benzene rings is 1. The van der Waals surface area contributed by atoms with Crippen LogP contribution in [0.1, 0.15) is 25.5 Å². The fourth-order valence-electron chi connectivity index (χ4n) is 1.89. The van der Waals surface area contributed by atoms with Crippen LogP contribution in [0, 0.1) is 24.4 Å². The van der Waals surface area contributed by atoms with Crippen molar-refractivity contribution in [1.29, 1.82) is 0 Å². The number of nitrogens with zero attached hydrogens (tertiary/aromatic N) is 2. The van der Waals surface area contributed by atoms with Crippen LogP contribution >= 0.6 is 0 Å². The molecule has 1 aromatic heterocycles. The predicted octanol–water partition coefficient (Wildman–Crippen LogP) is 4.15. The van der Waals surface area contributed by atoms with E-state index in [4.69, 9.17) is 0 Å². The van der Waals surface area contributed by atoms with Gasteiger partial charge in [-0.25, -0.2) is 18.2 Å². The zero-order chi connectivity index (χ0) is 14.7. The Kier molecular flexibility index (Phi) is 4.32. The molecule has 0 aliphatic heterocycles. The molecule has 1 N–H and O–H groups in total. The second kappa shape index (κ2) is 5.98. The van der Waals surface area contributed by atoms with Crippen LogP contribution in [-0.2, 0) is 6.54 Å². The number of hydrogen-bond donors (Lipinski definition) is 1. The van der Waals surface area contributed by atoms with Crippen LogP contribution < -0.4 is 5.32 Å². The number of aromatic nitrogens is 2. The number of anilines is 2. The van der Waals surface area contributed by atoms with Gasteiger partial charge >= 0.3 is 0 Å². The molecular formula is C14H16F3N3. The molecule has 2 rings (SSSR count). The number of nitrogens with one attached hydrogen (secondary N) is 1.